The third-order valence-corrected chi connectivity index (χ3v) is 21.9. The van der Waals surface area contributed by atoms with Gasteiger partial charge in [0.15, 0.2) is 0 Å². The monoisotopic (exact) mass is 972 g/mol. The molecular weight excluding hydrogens is 912 g/mol. The van der Waals surface area contributed by atoms with Gasteiger partial charge in [-0.05, 0) is 0 Å². The minimum absolute atomic E-state index is 0.664. The van der Waals surface area contributed by atoms with Crippen LogP contribution in [0.2, 0.25) is 0 Å². The Bertz CT molecular complexity index is 1450. The first kappa shape index (κ1) is 43.7. The molecule has 0 N–H and O–H groups in total. The summed E-state index contributed by atoms with van der Waals surface area (Å²) >= 11 is -5.96. The summed E-state index contributed by atoms with van der Waals surface area (Å²) in [5, 5.41) is 0. The number of benzene rings is 4. The van der Waals surface area contributed by atoms with E-state index in [1.54, 1.807) is 0 Å². The van der Waals surface area contributed by atoms with Gasteiger partial charge in [-0.1, -0.05) is 39.5 Å². The van der Waals surface area contributed by atoms with Gasteiger partial charge >= 0.3 is 298 Å². The molecular formula is C44H60FI2O5P. The van der Waals surface area contributed by atoms with Gasteiger partial charge < -0.3 is 0 Å². The van der Waals surface area contributed by atoms with Gasteiger partial charge in [0.1, 0.15) is 0 Å². The van der Waals surface area contributed by atoms with E-state index in [-0.39, 0.29) is 0 Å². The van der Waals surface area contributed by atoms with Crippen LogP contribution in [0.1, 0.15) is 117 Å². The van der Waals surface area contributed by atoms with Crippen LogP contribution >= 0.6 is 48.4 Å². The summed E-state index contributed by atoms with van der Waals surface area (Å²) in [6.07, 6.45) is 19.9. The average Bonchev–Trinajstić information content (AvgIpc) is 3.19. The molecule has 53 heavy (non-hydrogen) atoms. The molecule has 0 heterocycles. The molecule has 0 spiro atoms. The molecule has 292 valence electrons. The molecule has 4 rings (SSSR count). The van der Waals surface area contributed by atoms with E-state index < -0.39 is 48.4 Å². The molecule has 0 unspecified atom stereocenters. The second-order valence-electron chi connectivity index (χ2n) is 13.2. The Hall–Kier alpha value is -1.98. The van der Waals surface area contributed by atoms with E-state index in [2.05, 4.69) is 13.8 Å². The van der Waals surface area contributed by atoms with Crippen molar-refractivity contribution in [2.75, 3.05) is 13.2 Å². The van der Waals surface area contributed by atoms with E-state index in [0.29, 0.717) is 13.2 Å². The van der Waals surface area contributed by atoms with Gasteiger partial charge in [0, 0.05) is 0 Å². The molecule has 0 aliphatic heterocycles. The maximum atomic E-state index is 16.3. The van der Waals surface area contributed by atoms with Crippen molar-refractivity contribution in [3.05, 3.63) is 123 Å². The fraction of sp³-hybridized carbons (Fsp3) is 0.455. The van der Waals surface area contributed by atoms with Crippen molar-refractivity contribution in [3.8, 4) is 11.5 Å². The molecule has 0 aromatic heterocycles. The van der Waals surface area contributed by atoms with E-state index in [4.69, 9.17) is 15.2 Å². The zero-order valence-corrected chi connectivity index (χ0v) is 37.0. The molecule has 4 aromatic carbocycles. The number of unbranched alkanes of at least 4 members (excludes halogenated alkanes) is 14. The quantitative estimate of drug-likeness (QED) is 0.0322. The second kappa shape index (κ2) is 26.0. The summed E-state index contributed by atoms with van der Waals surface area (Å²) in [5.41, 5.74) is 0. The van der Waals surface area contributed by atoms with Crippen LogP contribution < -0.4 is 9.47 Å². The summed E-state index contributed by atoms with van der Waals surface area (Å²) < 4.78 is 57.5. The van der Waals surface area contributed by atoms with E-state index in [9.17, 15) is 4.57 Å². The fourth-order valence-corrected chi connectivity index (χ4v) is 19.0. The number of hydrogen-bond donors (Lipinski definition) is 0. The van der Waals surface area contributed by atoms with Crippen LogP contribution in [0, 0.1) is 14.3 Å². The Labute approximate surface area is 334 Å². The second-order valence-corrected chi connectivity index (χ2v) is 24.5. The fourth-order valence-electron chi connectivity index (χ4n) is 5.79. The molecule has 0 aliphatic carbocycles. The molecule has 0 bridgehead atoms. The molecule has 0 fully saturated rings. The zero-order valence-electron chi connectivity index (χ0n) is 31.7. The van der Waals surface area contributed by atoms with Gasteiger partial charge in [0.25, 0.3) is 0 Å². The van der Waals surface area contributed by atoms with Gasteiger partial charge in [-0.2, -0.15) is 0 Å². The van der Waals surface area contributed by atoms with Crippen LogP contribution in [0.3, 0.4) is 0 Å². The van der Waals surface area contributed by atoms with E-state index in [0.717, 1.165) is 38.6 Å². The Balaban J connectivity index is 1.37. The molecule has 0 aliphatic rings. The van der Waals surface area contributed by atoms with Crippen molar-refractivity contribution in [3.63, 3.8) is 0 Å². The van der Waals surface area contributed by atoms with Crippen molar-refractivity contribution in [2.24, 2.45) is 0 Å². The summed E-state index contributed by atoms with van der Waals surface area (Å²) in [5.74, 6) is 1.53. The molecule has 0 amide bonds. The topological polar surface area (TPSA) is 54.0 Å². The summed E-state index contributed by atoms with van der Waals surface area (Å²) in [4.78, 5) is 0. The van der Waals surface area contributed by atoms with E-state index in [1.807, 2.05) is 109 Å². The number of halogens is 3. The van der Waals surface area contributed by atoms with Gasteiger partial charge in [-0.3, -0.25) is 0 Å². The van der Waals surface area contributed by atoms with Gasteiger partial charge in [0.2, 0.25) is 0 Å². The normalized spacial score (nSPS) is 12.1. The van der Waals surface area contributed by atoms with Crippen LogP contribution in [0.25, 0.3) is 0 Å². The van der Waals surface area contributed by atoms with E-state index >= 15 is 4.20 Å². The molecule has 0 atom stereocenters. The number of rotatable bonds is 28. The van der Waals surface area contributed by atoms with Crippen molar-refractivity contribution in [2.45, 2.75) is 117 Å². The standard InChI is InChI=1S/C44H60FI2O5P/c1-3-5-7-9-11-13-15-23-37-49-43-33-29-41(30-34-43)46(39-25-19-17-20-26-39)51-53(45,48)52-47(40-27-21-18-22-28-40)42-31-35-44(36-32-42)50-38-24-16-14-12-10-8-6-4-2/h17-22,25-36H,3-16,23-24,37-38H2,1-2H3. The first-order valence-electron chi connectivity index (χ1n) is 19.6. The predicted molar refractivity (Wildman–Crippen MR) is 236 cm³/mol. The first-order chi connectivity index (χ1) is 26.0. The van der Waals surface area contributed by atoms with Crippen LogP contribution in [0.4, 0.5) is 4.20 Å². The summed E-state index contributed by atoms with van der Waals surface area (Å²) in [6, 6.07) is 34.4. The SMILES string of the molecule is CCCCCCCCCCOc1ccc(I(OP(=O)(F)OI(c2ccccc2)c2ccc(OCCCCCCCCCC)cc2)c2ccccc2)cc1. The van der Waals surface area contributed by atoms with Crippen molar-refractivity contribution >= 4 is 48.4 Å². The van der Waals surface area contributed by atoms with Crippen LogP contribution in [-0.2, 0) is 10.3 Å². The third kappa shape index (κ3) is 17.1. The van der Waals surface area contributed by atoms with E-state index in [1.165, 1.54) is 89.9 Å². The minimum atomic E-state index is -4.99. The van der Waals surface area contributed by atoms with Crippen LogP contribution in [-0.4, -0.2) is 13.2 Å². The van der Waals surface area contributed by atoms with Crippen molar-refractivity contribution in [1.82, 2.24) is 0 Å². The molecule has 0 saturated carbocycles. The molecule has 4 aromatic rings. The molecule has 0 radical (unpaired) electrons. The molecule has 5 nitrogen and oxygen atoms in total. The van der Waals surface area contributed by atoms with Gasteiger partial charge in [-0.15, -0.1) is 0 Å². The third-order valence-electron chi connectivity index (χ3n) is 8.72. The average molecular weight is 973 g/mol. The zero-order chi connectivity index (χ0) is 37.4. The first-order valence-corrected chi connectivity index (χ1v) is 27.2. The van der Waals surface area contributed by atoms with Crippen molar-refractivity contribution < 1.29 is 23.9 Å². The summed E-state index contributed by atoms with van der Waals surface area (Å²) in [6.45, 7) is 5.82. The molecule has 9 heteroatoms. The Morgan fingerprint density at radius 3 is 1.08 bits per heavy atom. The van der Waals surface area contributed by atoms with Crippen LogP contribution in [0.15, 0.2) is 109 Å². The summed E-state index contributed by atoms with van der Waals surface area (Å²) in [7, 11) is -4.99. The Morgan fingerprint density at radius 2 is 0.736 bits per heavy atom. The Morgan fingerprint density at radius 1 is 0.434 bits per heavy atom. The Kier molecular flexibility index (Phi) is 21.4. The van der Waals surface area contributed by atoms with Gasteiger partial charge in [0.05, 0.1) is 0 Å². The van der Waals surface area contributed by atoms with Gasteiger partial charge in [-0.25, -0.2) is 0 Å². The number of hydrogen-bond acceptors (Lipinski definition) is 5. The molecule has 0 saturated heterocycles. The maximum absolute atomic E-state index is 16.3. The van der Waals surface area contributed by atoms with Crippen molar-refractivity contribution in [1.29, 1.82) is 0 Å². The number of ether oxygens (including phenoxy) is 2. The predicted octanol–water partition coefficient (Wildman–Crippen LogP) is 15.5. The van der Waals surface area contributed by atoms with Crippen LogP contribution in [0.5, 0.6) is 11.5 Å².